The molecule has 0 aliphatic carbocycles. The number of amides is 4. The third-order valence-electron chi connectivity index (χ3n) is 10.5. The van der Waals surface area contributed by atoms with E-state index in [0.29, 0.717) is 25.1 Å². The standard InChI is InChI=1S/C40H73N5O4/c1-11-12-13-14-15-16-17-18-20-25-41-36(46)32-24-22-27-45(32)38(48)31(6)28-34(29(2)3)43(10)39(49)35(40(7,8)9)42-37(47)33-23-19-21-26-44(33)30(4)5/h28-30,32-35H,11-27H2,1-10H3,(H,41,46)(H,42,47)/t32-,33?,34+,35+/m0/s1. The highest BCUT2D eigenvalue weighted by Gasteiger charge is 2.40. The van der Waals surface area contributed by atoms with E-state index in [-0.39, 0.29) is 47.7 Å². The van der Waals surface area contributed by atoms with E-state index in [1.165, 1.54) is 44.9 Å². The molecule has 2 aliphatic rings. The number of hydrogen-bond acceptors (Lipinski definition) is 5. The smallest absolute Gasteiger partial charge is 0.249 e. The summed E-state index contributed by atoms with van der Waals surface area (Å²) in [5.41, 5.74) is 0.0156. The molecule has 282 valence electrons. The molecule has 2 saturated heterocycles. The Morgan fingerprint density at radius 2 is 1.41 bits per heavy atom. The van der Waals surface area contributed by atoms with Gasteiger partial charge in [-0.1, -0.05) is 105 Å². The molecule has 0 aromatic carbocycles. The van der Waals surface area contributed by atoms with Gasteiger partial charge in [-0.05, 0) is 70.8 Å². The largest absolute Gasteiger partial charge is 0.354 e. The fraction of sp³-hybridized carbons (Fsp3) is 0.850. The molecule has 2 aliphatic heterocycles. The normalized spacial score (nSPS) is 20.4. The van der Waals surface area contributed by atoms with Crippen LogP contribution in [0.1, 0.15) is 152 Å². The van der Waals surface area contributed by atoms with Crippen LogP contribution in [0.15, 0.2) is 11.6 Å². The van der Waals surface area contributed by atoms with Crippen molar-refractivity contribution in [1.29, 1.82) is 0 Å². The van der Waals surface area contributed by atoms with Gasteiger partial charge in [0.25, 0.3) is 0 Å². The van der Waals surface area contributed by atoms with Crippen molar-refractivity contribution in [3.63, 3.8) is 0 Å². The fourth-order valence-corrected chi connectivity index (χ4v) is 7.44. The molecular formula is C40H73N5O4. The van der Waals surface area contributed by atoms with Crippen LogP contribution in [-0.4, -0.2) is 95.2 Å². The highest BCUT2D eigenvalue weighted by molar-refractivity contribution is 5.97. The molecule has 0 aromatic heterocycles. The van der Waals surface area contributed by atoms with Crippen LogP contribution in [0.4, 0.5) is 0 Å². The lowest BCUT2D eigenvalue weighted by Gasteiger charge is -2.41. The maximum absolute atomic E-state index is 14.2. The molecular weight excluding hydrogens is 614 g/mol. The molecule has 0 saturated carbocycles. The minimum absolute atomic E-state index is 0.0248. The topological polar surface area (TPSA) is 102 Å². The Hall–Kier alpha value is -2.42. The van der Waals surface area contributed by atoms with Gasteiger partial charge in [-0.15, -0.1) is 0 Å². The lowest BCUT2D eigenvalue weighted by Crippen LogP contribution is -2.60. The van der Waals surface area contributed by atoms with Gasteiger partial charge in [0.05, 0.1) is 12.1 Å². The summed E-state index contributed by atoms with van der Waals surface area (Å²) >= 11 is 0. The summed E-state index contributed by atoms with van der Waals surface area (Å²) in [4.78, 5) is 60.4. The monoisotopic (exact) mass is 688 g/mol. The number of likely N-dealkylation sites (N-methyl/N-ethyl adjacent to an activating group) is 1. The zero-order valence-corrected chi connectivity index (χ0v) is 33.0. The van der Waals surface area contributed by atoms with Gasteiger partial charge in [0, 0.05) is 31.8 Å². The van der Waals surface area contributed by atoms with Gasteiger partial charge in [0.2, 0.25) is 23.6 Å². The van der Waals surface area contributed by atoms with E-state index in [2.05, 4.69) is 36.3 Å². The van der Waals surface area contributed by atoms with Crippen LogP contribution in [0, 0.1) is 11.3 Å². The Bertz CT molecular complexity index is 1080. The molecule has 4 amide bonds. The zero-order chi connectivity index (χ0) is 36.7. The summed E-state index contributed by atoms with van der Waals surface area (Å²) in [7, 11) is 1.77. The summed E-state index contributed by atoms with van der Waals surface area (Å²) in [6, 6.07) is -1.53. The van der Waals surface area contributed by atoms with Gasteiger partial charge < -0.3 is 20.4 Å². The number of nitrogens with zero attached hydrogens (tertiary/aromatic N) is 3. The highest BCUT2D eigenvalue weighted by Crippen LogP contribution is 2.27. The van der Waals surface area contributed by atoms with Crippen molar-refractivity contribution in [3.05, 3.63) is 11.6 Å². The number of unbranched alkanes of at least 4 members (excludes halogenated alkanes) is 8. The third kappa shape index (κ3) is 13.3. The van der Waals surface area contributed by atoms with Crippen LogP contribution in [-0.2, 0) is 19.2 Å². The molecule has 2 heterocycles. The van der Waals surface area contributed by atoms with E-state index in [9.17, 15) is 19.2 Å². The molecule has 9 heteroatoms. The maximum atomic E-state index is 14.2. The molecule has 2 N–H and O–H groups in total. The van der Waals surface area contributed by atoms with Crippen molar-refractivity contribution in [2.45, 2.75) is 182 Å². The van der Waals surface area contributed by atoms with Crippen molar-refractivity contribution >= 4 is 23.6 Å². The van der Waals surface area contributed by atoms with E-state index in [4.69, 9.17) is 0 Å². The molecule has 0 radical (unpaired) electrons. The third-order valence-corrected chi connectivity index (χ3v) is 10.5. The fourth-order valence-electron chi connectivity index (χ4n) is 7.44. The van der Waals surface area contributed by atoms with Gasteiger partial charge in [-0.3, -0.25) is 24.1 Å². The molecule has 2 rings (SSSR count). The minimum atomic E-state index is -0.718. The van der Waals surface area contributed by atoms with Gasteiger partial charge in [-0.2, -0.15) is 0 Å². The van der Waals surface area contributed by atoms with Crippen LogP contribution >= 0.6 is 0 Å². The molecule has 1 unspecified atom stereocenters. The number of nitrogens with one attached hydrogen (secondary N) is 2. The van der Waals surface area contributed by atoms with E-state index in [1.807, 2.05) is 40.7 Å². The lowest BCUT2D eigenvalue weighted by atomic mass is 9.84. The lowest BCUT2D eigenvalue weighted by molar-refractivity contribution is -0.142. The first-order chi connectivity index (χ1) is 23.1. The second kappa shape index (κ2) is 21.1. The second-order valence-electron chi connectivity index (χ2n) is 16.5. The maximum Gasteiger partial charge on any atom is 0.249 e. The van der Waals surface area contributed by atoms with Gasteiger partial charge in [0.15, 0.2) is 0 Å². The number of hydrogen-bond donors (Lipinski definition) is 2. The van der Waals surface area contributed by atoms with Crippen molar-refractivity contribution < 1.29 is 19.2 Å². The minimum Gasteiger partial charge on any atom is -0.354 e. The van der Waals surface area contributed by atoms with Crippen LogP contribution < -0.4 is 10.6 Å². The molecule has 0 bridgehead atoms. The van der Waals surface area contributed by atoms with Gasteiger partial charge in [0.1, 0.15) is 12.1 Å². The summed E-state index contributed by atoms with van der Waals surface area (Å²) in [6.07, 6.45) is 17.3. The number of carbonyl (C=O) groups excluding carboxylic acids is 4. The molecule has 49 heavy (non-hydrogen) atoms. The molecule has 2 fully saturated rings. The molecule has 0 spiro atoms. The average molecular weight is 688 g/mol. The summed E-state index contributed by atoms with van der Waals surface area (Å²) in [5.74, 6) is -0.452. The zero-order valence-electron chi connectivity index (χ0n) is 33.0. The molecule has 9 nitrogen and oxygen atoms in total. The van der Waals surface area contributed by atoms with E-state index in [0.717, 1.165) is 45.1 Å². The predicted molar refractivity (Wildman–Crippen MR) is 201 cm³/mol. The van der Waals surface area contributed by atoms with Crippen molar-refractivity contribution in [2.75, 3.05) is 26.7 Å². The Balaban J connectivity index is 2.04. The Morgan fingerprint density at radius 1 is 0.816 bits per heavy atom. The van der Waals surface area contributed by atoms with Crippen molar-refractivity contribution in [2.24, 2.45) is 11.3 Å². The summed E-state index contributed by atoms with van der Waals surface area (Å²) in [6.45, 7) is 20.4. The quantitative estimate of drug-likeness (QED) is 0.114. The first-order valence-electron chi connectivity index (χ1n) is 19.7. The predicted octanol–water partition coefficient (Wildman–Crippen LogP) is 6.85. The average Bonchev–Trinajstić information content (AvgIpc) is 3.55. The Kier molecular flexibility index (Phi) is 18.4. The summed E-state index contributed by atoms with van der Waals surface area (Å²) in [5, 5.41) is 6.24. The summed E-state index contributed by atoms with van der Waals surface area (Å²) < 4.78 is 0. The Labute approximate surface area is 299 Å². The van der Waals surface area contributed by atoms with E-state index >= 15 is 0 Å². The van der Waals surface area contributed by atoms with Gasteiger partial charge in [-0.25, -0.2) is 0 Å². The van der Waals surface area contributed by atoms with E-state index in [1.54, 1.807) is 23.8 Å². The SMILES string of the molecule is CCCCCCCCCCCNC(=O)[C@@H]1CCCN1C(=O)C(C)=C[C@H](C(C)C)N(C)C(=O)[C@@H](NC(=O)C1CCCCN1C(C)C)C(C)(C)C. The molecule has 4 atom stereocenters. The van der Waals surface area contributed by atoms with Crippen LogP contribution in [0.3, 0.4) is 0 Å². The second-order valence-corrected chi connectivity index (χ2v) is 16.5. The van der Waals surface area contributed by atoms with Crippen LogP contribution in [0.25, 0.3) is 0 Å². The van der Waals surface area contributed by atoms with Crippen molar-refractivity contribution in [1.82, 2.24) is 25.3 Å². The van der Waals surface area contributed by atoms with Crippen molar-refractivity contribution in [3.8, 4) is 0 Å². The first-order valence-corrected chi connectivity index (χ1v) is 19.7. The number of carbonyl (C=O) groups is 4. The van der Waals surface area contributed by atoms with Crippen LogP contribution in [0.2, 0.25) is 0 Å². The number of likely N-dealkylation sites (tertiary alicyclic amines) is 2. The van der Waals surface area contributed by atoms with E-state index < -0.39 is 17.5 Å². The first kappa shape index (κ1) is 42.7. The van der Waals surface area contributed by atoms with Crippen LogP contribution in [0.5, 0.6) is 0 Å². The number of rotatable bonds is 19. The van der Waals surface area contributed by atoms with Gasteiger partial charge >= 0.3 is 0 Å². The molecule has 0 aromatic rings. The Morgan fingerprint density at radius 3 is 1.98 bits per heavy atom. The highest BCUT2D eigenvalue weighted by atomic mass is 16.2. The number of piperidine rings is 1.